The van der Waals surface area contributed by atoms with Gasteiger partial charge in [-0.05, 0) is 67.1 Å². The van der Waals surface area contributed by atoms with Gasteiger partial charge in [-0.3, -0.25) is 19.7 Å². The number of piperidine rings is 1. The molecule has 46 heavy (non-hydrogen) atoms. The van der Waals surface area contributed by atoms with E-state index in [-0.39, 0.29) is 30.0 Å². The highest BCUT2D eigenvalue weighted by molar-refractivity contribution is 6.33. The number of fused-ring (bicyclic) bond motifs is 1. The molecule has 13 heteroatoms. The van der Waals surface area contributed by atoms with Gasteiger partial charge in [0.1, 0.15) is 5.02 Å². The number of amides is 3. The maximum absolute atomic E-state index is 12.4. The number of halogens is 1. The van der Waals surface area contributed by atoms with E-state index in [1.807, 2.05) is 36.4 Å². The first-order chi connectivity index (χ1) is 22.1. The van der Waals surface area contributed by atoms with Gasteiger partial charge in [0.2, 0.25) is 23.7 Å². The van der Waals surface area contributed by atoms with E-state index in [4.69, 9.17) is 22.0 Å². The maximum atomic E-state index is 12.4. The summed E-state index contributed by atoms with van der Waals surface area (Å²) in [5.74, 6) is 0.195. The van der Waals surface area contributed by atoms with Crippen LogP contribution >= 0.6 is 11.6 Å². The molecule has 3 aliphatic heterocycles. The number of imide groups is 1. The lowest BCUT2D eigenvalue weighted by molar-refractivity contribution is -0.134. The van der Waals surface area contributed by atoms with Crippen LogP contribution in [0.1, 0.15) is 43.7 Å². The highest BCUT2D eigenvalue weighted by Crippen LogP contribution is 2.33. The van der Waals surface area contributed by atoms with Gasteiger partial charge >= 0.3 is 0 Å². The molecule has 2 fully saturated rings. The van der Waals surface area contributed by atoms with Gasteiger partial charge in [-0.15, -0.1) is 0 Å². The lowest BCUT2D eigenvalue weighted by atomic mass is 9.88. The van der Waals surface area contributed by atoms with Crippen LogP contribution < -0.4 is 31.1 Å². The topological polar surface area (TPSA) is 155 Å². The monoisotopic (exact) mass is 643 g/mol. The highest BCUT2D eigenvalue weighted by Gasteiger charge is 2.32. The van der Waals surface area contributed by atoms with Crippen molar-refractivity contribution in [2.45, 2.75) is 45.1 Å². The van der Waals surface area contributed by atoms with E-state index in [2.05, 4.69) is 38.1 Å². The van der Waals surface area contributed by atoms with Gasteiger partial charge in [0.25, 0.3) is 0 Å². The molecule has 0 spiro atoms. The molecule has 3 unspecified atom stereocenters. The third-order valence-corrected chi connectivity index (χ3v) is 9.48. The van der Waals surface area contributed by atoms with Crippen molar-refractivity contribution in [1.82, 2.24) is 15.3 Å². The molecule has 3 amide bonds. The number of carbonyl (C=O) groups is 3. The van der Waals surface area contributed by atoms with Crippen LogP contribution in [0.4, 0.5) is 34.5 Å². The molecule has 0 bridgehead atoms. The van der Waals surface area contributed by atoms with Crippen molar-refractivity contribution in [3.8, 4) is 0 Å². The molecule has 2 aromatic carbocycles. The summed E-state index contributed by atoms with van der Waals surface area (Å²) in [7, 11) is 3.58. The second-order valence-corrected chi connectivity index (χ2v) is 12.6. The summed E-state index contributed by atoms with van der Waals surface area (Å²) in [6.45, 7) is 3.77. The number of hydrogen-bond acceptors (Lipinski definition) is 10. The lowest BCUT2D eigenvalue weighted by Gasteiger charge is -2.25. The Kier molecular flexibility index (Phi) is 8.81. The zero-order valence-corrected chi connectivity index (χ0v) is 26.9. The van der Waals surface area contributed by atoms with Crippen LogP contribution in [0.3, 0.4) is 0 Å². The Balaban J connectivity index is 1.12. The summed E-state index contributed by atoms with van der Waals surface area (Å²) >= 11 is 6.50. The first kappa shape index (κ1) is 31.3. The van der Waals surface area contributed by atoms with Crippen LogP contribution in [0, 0.1) is 17.2 Å². The fourth-order valence-electron chi connectivity index (χ4n) is 6.40. The van der Waals surface area contributed by atoms with Crippen molar-refractivity contribution in [2.24, 2.45) is 11.8 Å². The van der Waals surface area contributed by atoms with Gasteiger partial charge in [-0.25, -0.2) is 4.98 Å². The SMILES string of the molecule is CNc1cc(NC2CCN(c3ncc(Cl)c(Nc4ccc5c(c4)CC(=O)N5C)n3)CCC2C)ccc1C(=N)C1CCC(=O)NC1=O. The second-order valence-electron chi connectivity index (χ2n) is 12.2. The molecule has 0 aliphatic carbocycles. The Morgan fingerprint density at radius 1 is 1.07 bits per heavy atom. The Hall–Kier alpha value is -4.71. The van der Waals surface area contributed by atoms with E-state index in [0.717, 1.165) is 54.2 Å². The number of anilines is 6. The van der Waals surface area contributed by atoms with Crippen LogP contribution in [0.15, 0.2) is 42.6 Å². The first-order valence-corrected chi connectivity index (χ1v) is 15.9. The molecule has 4 heterocycles. The predicted molar refractivity (Wildman–Crippen MR) is 181 cm³/mol. The largest absolute Gasteiger partial charge is 0.388 e. The van der Waals surface area contributed by atoms with Crippen LogP contribution in [0.5, 0.6) is 0 Å². The molecule has 0 saturated carbocycles. The Morgan fingerprint density at radius 2 is 1.85 bits per heavy atom. The molecule has 1 aromatic heterocycles. The number of rotatable bonds is 8. The number of nitrogens with one attached hydrogen (secondary N) is 5. The number of likely N-dealkylation sites (N-methyl/N-ethyl adjacent to an activating group) is 1. The van der Waals surface area contributed by atoms with Gasteiger partial charge in [-0.2, -0.15) is 4.98 Å². The molecule has 2 saturated heterocycles. The minimum absolute atomic E-state index is 0.0717. The number of nitrogens with zero attached hydrogens (tertiary/aromatic N) is 4. The molecule has 3 atom stereocenters. The summed E-state index contributed by atoms with van der Waals surface area (Å²) in [6.07, 6.45) is 4.34. The van der Waals surface area contributed by atoms with Crippen molar-refractivity contribution < 1.29 is 14.4 Å². The zero-order chi connectivity index (χ0) is 32.5. The zero-order valence-electron chi connectivity index (χ0n) is 26.1. The number of aromatic nitrogens is 2. The highest BCUT2D eigenvalue weighted by atomic mass is 35.5. The summed E-state index contributed by atoms with van der Waals surface area (Å²) < 4.78 is 0. The third kappa shape index (κ3) is 6.34. The minimum atomic E-state index is -0.650. The van der Waals surface area contributed by atoms with Crippen LogP contribution in [-0.2, 0) is 20.8 Å². The van der Waals surface area contributed by atoms with E-state index in [0.29, 0.717) is 41.1 Å². The molecule has 3 aliphatic rings. The Labute approximate surface area is 272 Å². The van der Waals surface area contributed by atoms with Crippen LogP contribution in [0.25, 0.3) is 0 Å². The van der Waals surface area contributed by atoms with Crippen LogP contribution in [-0.4, -0.2) is 66.6 Å². The van der Waals surface area contributed by atoms with Crippen molar-refractivity contribution >= 4 is 69.5 Å². The molecule has 240 valence electrons. The van der Waals surface area contributed by atoms with Gasteiger partial charge in [-0.1, -0.05) is 18.5 Å². The molecule has 5 N–H and O–H groups in total. The summed E-state index contributed by atoms with van der Waals surface area (Å²) in [5, 5.41) is 21.7. The minimum Gasteiger partial charge on any atom is -0.388 e. The van der Waals surface area contributed by atoms with Crippen molar-refractivity contribution in [3.63, 3.8) is 0 Å². The number of carbonyl (C=O) groups excluding carboxylic acids is 3. The van der Waals surface area contributed by atoms with Crippen molar-refractivity contribution in [3.05, 3.63) is 58.7 Å². The third-order valence-electron chi connectivity index (χ3n) is 9.20. The van der Waals surface area contributed by atoms with E-state index in [1.54, 1.807) is 25.2 Å². The second kappa shape index (κ2) is 13.0. The molecule has 0 radical (unpaired) electrons. The number of benzene rings is 2. The number of hydrogen-bond donors (Lipinski definition) is 5. The van der Waals surface area contributed by atoms with E-state index < -0.39 is 11.8 Å². The van der Waals surface area contributed by atoms with Crippen LogP contribution in [0.2, 0.25) is 5.02 Å². The predicted octanol–water partition coefficient (Wildman–Crippen LogP) is 4.57. The van der Waals surface area contributed by atoms with Crippen molar-refractivity contribution in [2.75, 3.05) is 52.9 Å². The normalized spacial score (nSPS) is 21.4. The Morgan fingerprint density at radius 3 is 2.63 bits per heavy atom. The van der Waals surface area contributed by atoms with E-state index in [9.17, 15) is 14.4 Å². The quantitative estimate of drug-likeness (QED) is 0.175. The lowest BCUT2D eigenvalue weighted by Crippen LogP contribution is -2.44. The smallest absolute Gasteiger partial charge is 0.235 e. The molecule has 6 rings (SSSR count). The molecule has 3 aromatic rings. The summed E-state index contributed by atoms with van der Waals surface area (Å²) in [6, 6.07) is 11.8. The van der Waals surface area contributed by atoms with Gasteiger partial charge in [0.05, 0.1) is 24.2 Å². The van der Waals surface area contributed by atoms with E-state index in [1.165, 1.54) is 0 Å². The fourth-order valence-corrected chi connectivity index (χ4v) is 6.53. The average molecular weight is 644 g/mol. The average Bonchev–Trinajstić information content (AvgIpc) is 3.19. The first-order valence-electron chi connectivity index (χ1n) is 15.6. The van der Waals surface area contributed by atoms with Gasteiger partial charge in [0, 0.05) is 68.0 Å². The fraction of sp³-hybridized carbons (Fsp3) is 0.394. The molecular formula is C33H38ClN9O3. The van der Waals surface area contributed by atoms with Crippen molar-refractivity contribution in [1.29, 1.82) is 5.41 Å². The van der Waals surface area contributed by atoms with E-state index >= 15 is 0 Å². The summed E-state index contributed by atoms with van der Waals surface area (Å²) in [4.78, 5) is 49.3. The standard InChI is InChI=1S/C33H38ClN9O3/c1-18-10-12-43(33-37-17-24(34)31(41-33)39-20-5-8-27-19(14-20)15-29(45)42(27)3)13-11-25(18)38-21-4-6-22(26(16-21)36-2)30(35)23-7-9-28(44)40-32(23)46/h4-6,8,14,16-18,23,25,35-36,38H,7,9-13,15H2,1-3H3,(H,37,39,41)(H,40,44,46). The van der Waals surface area contributed by atoms with Gasteiger partial charge in [0.15, 0.2) is 5.82 Å². The summed E-state index contributed by atoms with van der Waals surface area (Å²) in [5.41, 5.74) is 5.21. The maximum Gasteiger partial charge on any atom is 0.235 e. The molecule has 12 nitrogen and oxygen atoms in total. The Bertz CT molecular complexity index is 1710. The van der Waals surface area contributed by atoms with Gasteiger partial charge < -0.3 is 31.2 Å². The molecular weight excluding hydrogens is 606 g/mol.